The second-order valence-electron chi connectivity index (χ2n) is 4.87. The number of likely N-dealkylation sites (N-methyl/N-ethyl adjacent to an activating group) is 1. The van der Waals surface area contributed by atoms with E-state index in [-0.39, 0.29) is 0 Å². The maximum atomic E-state index is 10.3. The molecule has 0 amide bonds. The molecular formula is C10H23NO2. The summed E-state index contributed by atoms with van der Waals surface area (Å²) < 4.78 is 0. The maximum absolute atomic E-state index is 10.3. The number of rotatable bonds is 4. The standard InChI is InChI=1S/C10H23NO2/c1-8(2)7-10(13,11(5)6)9(3,4)12/h8,12-13H,7H2,1-6H3. The normalized spacial score (nSPS) is 18.0. The van der Waals surface area contributed by atoms with Crippen LogP contribution in [-0.4, -0.2) is 40.5 Å². The van der Waals surface area contributed by atoms with Crippen LogP contribution >= 0.6 is 0 Å². The summed E-state index contributed by atoms with van der Waals surface area (Å²) in [5, 5.41) is 20.1. The molecule has 1 atom stereocenters. The molecule has 0 rings (SSSR count). The average Bonchev–Trinajstić information content (AvgIpc) is 1.82. The maximum Gasteiger partial charge on any atom is 0.146 e. The van der Waals surface area contributed by atoms with E-state index >= 15 is 0 Å². The highest BCUT2D eigenvalue weighted by Crippen LogP contribution is 2.30. The summed E-state index contributed by atoms with van der Waals surface area (Å²) in [5.41, 5.74) is -2.26. The van der Waals surface area contributed by atoms with Gasteiger partial charge in [0.25, 0.3) is 0 Å². The van der Waals surface area contributed by atoms with Crippen LogP contribution in [0.1, 0.15) is 34.1 Å². The lowest BCUT2D eigenvalue weighted by atomic mass is 9.86. The summed E-state index contributed by atoms with van der Waals surface area (Å²) in [7, 11) is 3.56. The molecule has 0 aromatic rings. The fourth-order valence-electron chi connectivity index (χ4n) is 1.55. The Hall–Kier alpha value is -0.120. The smallest absolute Gasteiger partial charge is 0.146 e. The van der Waals surface area contributed by atoms with E-state index < -0.39 is 11.3 Å². The van der Waals surface area contributed by atoms with Gasteiger partial charge in [0.1, 0.15) is 11.3 Å². The van der Waals surface area contributed by atoms with Crippen molar-refractivity contribution in [1.29, 1.82) is 0 Å². The van der Waals surface area contributed by atoms with Gasteiger partial charge in [0.05, 0.1) is 0 Å². The molecule has 0 aromatic heterocycles. The van der Waals surface area contributed by atoms with Crippen LogP contribution in [0.2, 0.25) is 0 Å². The highest BCUT2D eigenvalue weighted by Gasteiger charge is 2.44. The van der Waals surface area contributed by atoms with Crippen LogP contribution in [0.25, 0.3) is 0 Å². The van der Waals surface area contributed by atoms with Crippen LogP contribution in [0.4, 0.5) is 0 Å². The van der Waals surface area contributed by atoms with Gasteiger partial charge in [-0.15, -0.1) is 0 Å². The molecule has 0 aliphatic carbocycles. The van der Waals surface area contributed by atoms with Crippen LogP contribution in [-0.2, 0) is 0 Å². The molecule has 13 heavy (non-hydrogen) atoms. The van der Waals surface area contributed by atoms with Crippen molar-refractivity contribution in [3.05, 3.63) is 0 Å². The Morgan fingerprint density at radius 3 is 1.62 bits per heavy atom. The number of hydrogen-bond donors (Lipinski definition) is 2. The van der Waals surface area contributed by atoms with Gasteiger partial charge in [-0.25, -0.2) is 0 Å². The van der Waals surface area contributed by atoms with E-state index in [4.69, 9.17) is 0 Å². The third kappa shape index (κ3) is 2.93. The number of aliphatic hydroxyl groups is 2. The van der Waals surface area contributed by atoms with Crippen LogP contribution in [0, 0.1) is 5.92 Å². The monoisotopic (exact) mass is 189 g/mol. The van der Waals surface area contributed by atoms with Crippen LogP contribution in [0.3, 0.4) is 0 Å². The van der Waals surface area contributed by atoms with Crippen LogP contribution < -0.4 is 0 Å². The zero-order chi connectivity index (χ0) is 10.9. The fourth-order valence-corrected chi connectivity index (χ4v) is 1.55. The van der Waals surface area contributed by atoms with Crippen LogP contribution in [0.5, 0.6) is 0 Å². The van der Waals surface area contributed by atoms with Gasteiger partial charge in [-0.1, -0.05) is 13.8 Å². The molecule has 0 spiro atoms. The zero-order valence-corrected chi connectivity index (χ0v) is 9.63. The van der Waals surface area contributed by atoms with Gasteiger partial charge < -0.3 is 10.2 Å². The van der Waals surface area contributed by atoms with Crippen molar-refractivity contribution in [2.24, 2.45) is 5.92 Å². The van der Waals surface area contributed by atoms with E-state index in [0.29, 0.717) is 12.3 Å². The third-order valence-corrected chi connectivity index (χ3v) is 2.41. The predicted molar refractivity (Wildman–Crippen MR) is 54.4 cm³/mol. The zero-order valence-electron chi connectivity index (χ0n) is 9.63. The van der Waals surface area contributed by atoms with Gasteiger partial charge in [0.2, 0.25) is 0 Å². The molecule has 0 aliphatic heterocycles. The molecule has 3 heteroatoms. The molecule has 1 unspecified atom stereocenters. The molecule has 0 aliphatic rings. The fraction of sp³-hybridized carbons (Fsp3) is 1.00. The van der Waals surface area contributed by atoms with Gasteiger partial charge in [0.15, 0.2) is 0 Å². The molecule has 0 radical (unpaired) electrons. The minimum Gasteiger partial charge on any atom is -0.386 e. The molecule has 0 fully saturated rings. The highest BCUT2D eigenvalue weighted by atomic mass is 16.4. The van der Waals surface area contributed by atoms with Crippen molar-refractivity contribution < 1.29 is 10.2 Å². The summed E-state index contributed by atoms with van der Waals surface area (Å²) in [6.45, 7) is 7.32. The molecule has 0 saturated carbocycles. The van der Waals surface area contributed by atoms with Gasteiger partial charge in [-0.05, 0) is 40.3 Å². The lowest BCUT2D eigenvalue weighted by Crippen LogP contribution is -2.60. The Balaban J connectivity index is 4.74. The molecule has 0 aromatic carbocycles. The van der Waals surface area contributed by atoms with Gasteiger partial charge in [-0.3, -0.25) is 4.90 Å². The van der Waals surface area contributed by atoms with E-state index in [0.717, 1.165) is 0 Å². The molecule has 80 valence electrons. The second-order valence-corrected chi connectivity index (χ2v) is 4.87. The minimum absolute atomic E-state index is 0.346. The predicted octanol–water partition coefficient (Wildman–Crippen LogP) is 1.05. The van der Waals surface area contributed by atoms with Gasteiger partial charge in [0, 0.05) is 0 Å². The van der Waals surface area contributed by atoms with Gasteiger partial charge in [-0.2, -0.15) is 0 Å². The summed E-state index contributed by atoms with van der Waals surface area (Å²) >= 11 is 0. The highest BCUT2D eigenvalue weighted by molar-refractivity contribution is 4.91. The summed E-state index contributed by atoms with van der Waals surface area (Å²) in [4.78, 5) is 1.67. The van der Waals surface area contributed by atoms with Crippen molar-refractivity contribution in [3.63, 3.8) is 0 Å². The van der Waals surface area contributed by atoms with E-state index in [1.165, 1.54) is 0 Å². The van der Waals surface area contributed by atoms with Crippen molar-refractivity contribution >= 4 is 0 Å². The molecule has 0 bridgehead atoms. The Morgan fingerprint density at radius 1 is 1.15 bits per heavy atom. The lowest BCUT2D eigenvalue weighted by molar-refractivity contribution is -0.213. The largest absolute Gasteiger partial charge is 0.386 e. The Bertz CT molecular complexity index is 161. The Morgan fingerprint density at radius 2 is 1.54 bits per heavy atom. The van der Waals surface area contributed by atoms with E-state index in [2.05, 4.69) is 0 Å². The first-order chi connectivity index (χ1) is 5.61. The number of hydrogen-bond acceptors (Lipinski definition) is 3. The van der Waals surface area contributed by atoms with Crippen molar-refractivity contribution in [1.82, 2.24) is 4.90 Å². The molecule has 0 heterocycles. The first-order valence-electron chi connectivity index (χ1n) is 4.73. The van der Waals surface area contributed by atoms with E-state index in [1.807, 2.05) is 13.8 Å². The first-order valence-corrected chi connectivity index (χ1v) is 4.73. The van der Waals surface area contributed by atoms with Crippen molar-refractivity contribution in [3.8, 4) is 0 Å². The molecule has 2 N–H and O–H groups in total. The van der Waals surface area contributed by atoms with Crippen molar-refractivity contribution in [2.45, 2.75) is 45.4 Å². The lowest BCUT2D eigenvalue weighted by Gasteiger charge is -2.44. The topological polar surface area (TPSA) is 43.7 Å². The molecule has 3 nitrogen and oxygen atoms in total. The van der Waals surface area contributed by atoms with Crippen LogP contribution in [0.15, 0.2) is 0 Å². The third-order valence-electron chi connectivity index (χ3n) is 2.41. The SMILES string of the molecule is CC(C)CC(O)(N(C)C)C(C)(C)O. The molecular weight excluding hydrogens is 166 g/mol. The second kappa shape index (κ2) is 3.95. The summed E-state index contributed by atoms with van der Waals surface area (Å²) in [6.07, 6.45) is 0.559. The average molecular weight is 189 g/mol. The quantitative estimate of drug-likeness (QED) is 0.650. The first kappa shape index (κ1) is 12.9. The molecule has 0 saturated heterocycles. The summed E-state index contributed by atoms with van der Waals surface area (Å²) in [6, 6.07) is 0. The Kier molecular flexibility index (Phi) is 3.91. The van der Waals surface area contributed by atoms with E-state index in [9.17, 15) is 10.2 Å². The number of nitrogens with zero attached hydrogens (tertiary/aromatic N) is 1. The van der Waals surface area contributed by atoms with E-state index in [1.54, 1.807) is 32.8 Å². The van der Waals surface area contributed by atoms with Crippen molar-refractivity contribution in [2.75, 3.05) is 14.1 Å². The Labute approximate surface area is 81.4 Å². The summed E-state index contributed by atoms with van der Waals surface area (Å²) in [5.74, 6) is 0.346. The minimum atomic E-state index is -1.15. The van der Waals surface area contributed by atoms with Gasteiger partial charge >= 0.3 is 0 Å².